The molecule has 1 N–H and O–H groups in total. The molecule has 0 rings (SSSR count). The van der Waals surface area contributed by atoms with Crippen molar-refractivity contribution in [3.05, 3.63) is 0 Å². The molecule has 0 bridgehead atoms. The van der Waals surface area contributed by atoms with E-state index >= 15 is 0 Å². The summed E-state index contributed by atoms with van der Waals surface area (Å²) in [7, 11) is 0. The molecule has 0 aliphatic rings. The van der Waals surface area contributed by atoms with Crippen molar-refractivity contribution in [1.82, 2.24) is 0 Å². The average Bonchev–Trinajstić information content (AvgIpc) is 1.00. The average molecular weight is 479 g/mol. The van der Waals surface area contributed by atoms with Gasteiger partial charge in [-0.05, 0) is 0 Å². The van der Waals surface area contributed by atoms with Gasteiger partial charge in [0.1, 0.15) is 0 Å². The summed E-state index contributed by atoms with van der Waals surface area (Å²) < 4.78 is 0. The minimum atomic E-state index is 0. The van der Waals surface area contributed by atoms with E-state index in [0.717, 1.165) is 0 Å². The Labute approximate surface area is 82.7 Å². The van der Waals surface area contributed by atoms with E-state index in [9.17, 15) is 0 Å². The van der Waals surface area contributed by atoms with E-state index in [-0.39, 0.29) is 51.0 Å². The van der Waals surface area contributed by atoms with Crippen LogP contribution < -0.4 is 0 Å². The topological polar surface area (TPSA) is 30.0 Å². The molecule has 0 amide bonds. The molecule has 4 heteroatoms. The third kappa shape index (κ3) is 8.85. The van der Waals surface area contributed by atoms with Crippen LogP contribution in [-0.4, -0.2) is 51.0 Å². The molecule has 0 unspecified atom stereocenters. The van der Waals surface area contributed by atoms with Gasteiger partial charge in [0.05, 0.1) is 0 Å². The maximum atomic E-state index is 2.11. The Morgan fingerprint density at radius 3 is 1.25 bits per heavy atom. The fourth-order valence-corrected chi connectivity index (χ4v) is 0. The van der Waals surface area contributed by atoms with E-state index in [0.29, 0.717) is 0 Å². The van der Waals surface area contributed by atoms with Crippen molar-refractivity contribution in [2.24, 2.45) is 0 Å². The Kier molecular flexibility index (Phi) is 67.2. The van der Waals surface area contributed by atoms with E-state index in [1.807, 2.05) is 0 Å². The van der Waals surface area contributed by atoms with E-state index in [1.165, 1.54) is 18.2 Å². The Morgan fingerprint density at radius 1 is 1.25 bits per heavy atom. The predicted molar refractivity (Wildman–Crippen MR) is 9.08 cm³/mol. The third-order valence-electron chi connectivity index (χ3n) is 0. The number of rotatable bonds is 0. The van der Waals surface area contributed by atoms with Gasteiger partial charge in [0.25, 0.3) is 0 Å². The van der Waals surface area contributed by atoms with Crippen molar-refractivity contribution in [2.45, 2.75) is 0 Å². The molecule has 0 saturated carbocycles. The van der Waals surface area contributed by atoms with Gasteiger partial charge in [-0.1, -0.05) is 0 Å². The fraction of sp³-hybridized carbons (Fsp3) is 0. The first-order valence-corrected chi connectivity index (χ1v) is 9.99. The van der Waals surface area contributed by atoms with Crippen LogP contribution in [-0.2, 0) is 33.9 Å². The zero-order valence-corrected chi connectivity index (χ0v) is 12.8. The van der Waals surface area contributed by atoms with Gasteiger partial charge < -0.3 is 5.48 Å². The first kappa shape index (κ1) is 15.8. The third-order valence-corrected chi connectivity index (χ3v) is 0. The van der Waals surface area contributed by atoms with Crippen molar-refractivity contribution in [3.63, 3.8) is 0 Å². The van der Waals surface area contributed by atoms with Gasteiger partial charge in [0.2, 0.25) is 0 Å². The van der Waals surface area contributed by atoms with Crippen LogP contribution in [0.2, 0.25) is 0 Å². The van der Waals surface area contributed by atoms with Crippen molar-refractivity contribution in [1.29, 1.82) is 0 Å². The van der Waals surface area contributed by atoms with Crippen LogP contribution in [0.4, 0.5) is 0 Å². The molecule has 0 atom stereocenters. The summed E-state index contributed by atoms with van der Waals surface area (Å²) in [5, 5.41) is 0. The summed E-state index contributed by atoms with van der Waals surface area (Å²) in [6, 6.07) is 0. The van der Waals surface area contributed by atoms with Crippen molar-refractivity contribution in [3.8, 4) is 0 Å². The standard InChI is InChI=1S/Ir.H2O.Sr.Ta.H/h;1H2;;;/q;;+1;;/p-1. The van der Waals surface area contributed by atoms with Gasteiger partial charge >= 0.3 is 79.4 Å². The summed E-state index contributed by atoms with van der Waals surface area (Å²) in [4.78, 5) is 0. The van der Waals surface area contributed by atoms with Gasteiger partial charge in [-0.25, -0.2) is 0 Å². The van der Waals surface area contributed by atoms with Gasteiger partial charge in [-0.3, -0.25) is 0 Å². The molecule has 0 saturated heterocycles. The molecule has 0 aromatic rings. The van der Waals surface area contributed by atoms with Crippen LogP contribution in [0, 0.1) is 0 Å². The first-order chi connectivity index (χ1) is 1.00. The number of hydrogen-bond acceptors (Lipinski definition) is 1. The van der Waals surface area contributed by atoms with Gasteiger partial charge in [-0.2, -0.15) is 0 Å². The van der Waals surface area contributed by atoms with Crippen molar-refractivity contribution >= 4 is 45.5 Å². The molecule has 0 radical (unpaired) electrons. The van der Waals surface area contributed by atoms with E-state index in [4.69, 9.17) is 0 Å². The molecule has 0 spiro atoms. The molecular formula is H2IrOSrTa. The molecule has 0 aromatic heterocycles. The van der Waals surface area contributed by atoms with Crippen molar-refractivity contribution in [2.75, 3.05) is 0 Å². The second-order valence-electron chi connectivity index (χ2n) is 0. The number of hydrogen-bond donors (Lipinski definition) is 0. The SMILES string of the molecule is [OH-].[SrH+].[Ta][Ir]. The second kappa shape index (κ2) is 17.0. The van der Waals surface area contributed by atoms with Gasteiger partial charge in [0.15, 0.2) is 0 Å². The molecule has 4 heavy (non-hydrogen) atoms. The Balaban J connectivity index is -0.00000000500. The zero-order chi connectivity index (χ0) is 2.00. The summed E-state index contributed by atoms with van der Waals surface area (Å²) in [5.41, 5.74) is 0. The first-order valence-electron chi connectivity index (χ1n) is 0.149. The molecule has 0 aliphatic heterocycles. The monoisotopic (exact) mass is 480 g/mol. The molecule has 0 aliphatic carbocycles. The summed E-state index contributed by atoms with van der Waals surface area (Å²) in [6.45, 7) is 0. The van der Waals surface area contributed by atoms with Gasteiger partial charge in [0, 0.05) is 0 Å². The zero-order valence-electron chi connectivity index (χ0n) is 2.23. The van der Waals surface area contributed by atoms with E-state index < -0.39 is 0 Å². The molecule has 0 aromatic carbocycles. The second-order valence-corrected chi connectivity index (χ2v) is 0. The molecule has 1 nitrogen and oxygen atoms in total. The summed E-state index contributed by atoms with van der Waals surface area (Å²) >= 11 is 3.56. The van der Waals surface area contributed by atoms with Crippen LogP contribution in [0.15, 0.2) is 0 Å². The summed E-state index contributed by atoms with van der Waals surface area (Å²) in [5.74, 6) is 0. The molecule has 0 heterocycles. The van der Waals surface area contributed by atoms with Crippen LogP contribution in [0.3, 0.4) is 0 Å². The summed E-state index contributed by atoms with van der Waals surface area (Å²) in [6.07, 6.45) is 0. The van der Waals surface area contributed by atoms with E-state index in [2.05, 4.69) is 15.7 Å². The normalized spacial score (nSPS) is 1.50. The molecule has 0 fully saturated rings. The Bertz CT molecular complexity index is 8.00. The predicted octanol–water partition coefficient (Wildman–Crippen LogP) is -0.830. The van der Waals surface area contributed by atoms with E-state index in [1.54, 1.807) is 0 Å². The van der Waals surface area contributed by atoms with Crippen LogP contribution in [0.1, 0.15) is 0 Å². The quantitative estimate of drug-likeness (QED) is 0.418. The minimum absolute atomic E-state index is 0. The van der Waals surface area contributed by atoms with Gasteiger partial charge in [-0.15, -0.1) is 0 Å². The van der Waals surface area contributed by atoms with Crippen molar-refractivity contribution < 1.29 is 39.4 Å². The maximum absolute atomic E-state index is 2.11. The van der Waals surface area contributed by atoms with Crippen LogP contribution in [0.5, 0.6) is 0 Å². The van der Waals surface area contributed by atoms with Crippen LogP contribution in [0.25, 0.3) is 0 Å². The Hall–Kier alpha value is 2.83. The fourth-order valence-electron chi connectivity index (χ4n) is 0. The van der Waals surface area contributed by atoms with Crippen LogP contribution >= 0.6 is 0 Å². The molecule has 24 valence electrons. The Morgan fingerprint density at radius 2 is 1.25 bits per heavy atom. The molecular weight excluding hydrogens is 477 g/mol.